The Hall–Kier alpha value is -2.57. The lowest BCUT2D eigenvalue weighted by molar-refractivity contribution is 0.310. The van der Waals surface area contributed by atoms with E-state index in [1.54, 1.807) is 19.2 Å². The summed E-state index contributed by atoms with van der Waals surface area (Å²) < 4.78 is 20.3. The van der Waals surface area contributed by atoms with E-state index in [1.165, 1.54) is 17.7 Å². The molecule has 0 amide bonds. The van der Waals surface area contributed by atoms with E-state index in [0.29, 0.717) is 18.9 Å². The van der Waals surface area contributed by atoms with Crippen molar-refractivity contribution in [3.63, 3.8) is 0 Å². The minimum Gasteiger partial charge on any atom is -0.494 e. The summed E-state index contributed by atoms with van der Waals surface area (Å²) in [6, 6.07) is 6.03. The van der Waals surface area contributed by atoms with Gasteiger partial charge in [-0.15, -0.1) is 0 Å². The second kappa shape index (κ2) is 9.05. The molecule has 0 saturated carbocycles. The molecule has 136 valence electrons. The Morgan fingerprint density at radius 1 is 1.24 bits per heavy atom. The number of benzene rings is 1. The normalized spacial score (nSPS) is 11.5. The van der Waals surface area contributed by atoms with Crippen LogP contribution >= 0.6 is 0 Å². The number of nitrogens with zero attached hydrogens (tertiary/aromatic N) is 3. The van der Waals surface area contributed by atoms with Gasteiger partial charge in [0.15, 0.2) is 5.96 Å². The minimum absolute atomic E-state index is 0.261. The van der Waals surface area contributed by atoms with Gasteiger partial charge in [-0.3, -0.25) is 9.67 Å². The number of hydrogen-bond donors (Lipinski definition) is 2. The van der Waals surface area contributed by atoms with Crippen LogP contribution in [0.4, 0.5) is 4.39 Å². The Morgan fingerprint density at radius 3 is 2.56 bits per heavy atom. The molecule has 0 spiro atoms. The Bertz CT molecular complexity index is 709. The van der Waals surface area contributed by atoms with Crippen LogP contribution in [0, 0.1) is 19.7 Å². The lowest BCUT2D eigenvalue weighted by atomic mass is 10.2. The first-order valence-electron chi connectivity index (χ1n) is 8.33. The molecule has 0 aliphatic carbocycles. The van der Waals surface area contributed by atoms with Crippen LogP contribution < -0.4 is 15.4 Å². The fourth-order valence-electron chi connectivity index (χ4n) is 2.47. The zero-order valence-corrected chi connectivity index (χ0v) is 15.3. The summed E-state index contributed by atoms with van der Waals surface area (Å²) in [7, 11) is 3.69. The zero-order valence-electron chi connectivity index (χ0n) is 15.3. The van der Waals surface area contributed by atoms with Crippen LogP contribution in [0.2, 0.25) is 0 Å². The van der Waals surface area contributed by atoms with Gasteiger partial charge in [-0.2, -0.15) is 5.10 Å². The van der Waals surface area contributed by atoms with Crippen LogP contribution in [0.5, 0.6) is 5.75 Å². The molecule has 25 heavy (non-hydrogen) atoms. The Balaban J connectivity index is 1.69. The van der Waals surface area contributed by atoms with Crippen molar-refractivity contribution in [1.82, 2.24) is 20.4 Å². The van der Waals surface area contributed by atoms with E-state index in [-0.39, 0.29) is 5.82 Å². The Labute approximate surface area is 148 Å². The Kier molecular flexibility index (Phi) is 6.80. The second-order valence-electron chi connectivity index (χ2n) is 5.78. The monoisotopic (exact) mass is 347 g/mol. The predicted molar refractivity (Wildman–Crippen MR) is 97.4 cm³/mol. The molecule has 0 fully saturated rings. The van der Waals surface area contributed by atoms with Crippen LogP contribution in [0.1, 0.15) is 23.4 Å². The number of ether oxygens (including phenoxy) is 1. The van der Waals surface area contributed by atoms with Gasteiger partial charge < -0.3 is 15.4 Å². The number of aliphatic imine (C=N–C) groups is 1. The van der Waals surface area contributed by atoms with Crippen LogP contribution in [-0.4, -0.2) is 35.9 Å². The topological polar surface area (TPSA) is 63.5 Å². The first-order valence-corrected chi connectivity index (χ1v) is 8.33. The largest absolute Gasteiger partial charge is 0.494 e. The number of guanidine groups is 1. The van der Waals surface area contributed by atoms with Gasteiger partial charge in [0.1, 0.15) is 11.6 Å². The van der Waals surface area contributed by atoms with E-state index in [2.05, 4.69) is 27.6 Å². The first-order chi connectivity index (χ1) is 12.0. The standard InChI is InChI=1S/C18H26FN5O/c1-13-17(14(2)24(4)23-13)12-22-18(20-3)21-10-5-11-25-16-8-6-15(19)7-9-16/h6-9H,5,10-12H2,1-4H3,(H2,20,21,22). The van der Waals surface area contributed by atoms with E-state index in [9.17, 15) is 4.39 Å². The smallest absolute Gasteiger partial charge is 0.191 e. The van der Waals surface area contributed by atoms with Crippen molar-refractivity contribution in [2.45, 2.75) is 26.8 Å². The van der Waals surface area contributed by atoms with Gasteiger partial charge in [-0.25, -0.2) is 4.39 Å². The van der Waals surface area contributed by atoms with Gasteiger partial charge in [0.25, 0.3) is 0 Å². The average molecular weight is 347 g/mol. The van der Waals surface area contributed by atoms with E-state index < -0.39 is 0 Å². The summed E-state index contributed by atoms with van der Waals surface area (Å²) in [5.74, 6) is 1.15. The number of halogens is 1. The lowest BCUT2D eigenvalue weighted by Gasteiger charge is -2.12. The van der Waals surface area contributed by atoms with Crippen molar-refractivity contribution >= 4 is 5.96 Å². The molecule has 2 aromatic rings. The molecule has 1 aromatic carbocycles. The molecule has 0 radical (unpaired) electrons. The van der Waals surface area contributed by atoms with Crippen molar-refractivity contribution in [3.8, 4) is 5.75 Å². The maximum atomic E-state index is 12.8. The van der Waals surface area contributed by atoms with Gasteiger partial charge in [0, 0.05) is 38.4 Å². The summed E-state index contributed by atoms with van der Waals surface area (Å²) in [4.78, 5) is 4.22. The molecule has 6 nitrogen and oxygen atoms in total. The molecule has 0 aliphatic heterocycles. The number of aryl methyl sites for hydroxylation is 2. The molecule has 7 heteroatoms. The third kappa shape index (κ3) is 5.48. The van der Waals surface area contributed by atoms with E-state index in [1.807, 2.05) is 18.7 Å². The van der Waals surface area contributed by atoms with E-state index in [4.69, 9.17) is 4.74 Å². The fraction of sp³-hybridized carbons (Fsp3) is 0.444. The number of hydrogen-bond acceptors (Lipinski definition) is 3. The molecule has 0 bridgehead atoms. The SMILES string of the molecule is CN=C(NCCCOc1ccc(F)cc1)NCc1c(C)nn(C)c1C. The van der Waals surface area contributed by atoms with Crippen LogP contribution in [0.25, 0.3) is 0 Å². The Morgan fingerprint density at radius 2 is 1.96 bits per heavy atom. The van der Waals surface area contributed by atoms with Crippen molar-refractivity contribution in [3.05, 3.63) is 47.0 Å². The minimum atomic E-state index is -0.261. The van der Waals surface area contributed by atoms with Gasteiger partial charge in [0.05, 0.1) is 12.3 Å². The molecular weight excluding hydrogens is 321 g/mol. The lowest BCUT2D eigenvalue weighted by Crippen LogP contribution is -2.37. The van der Waals surface area contributed by atoms with E-state index in [0.717, 1.165) is 30.3 Å². The highest BCUT2D eigenvalue weighted by atomic mass is 19.1. The molecule has 0 saturated heterocycles. The summed E-state index contributed by atoms with van der Waals surface area (Å²) >= 11 is 0. The van der Waals surface area contributed by atoms with Crippen molar-refractivity contribution in [1.29, 1.82) is 0 Å². The van der Waals surface area contributed by atoms with E-state index >= 15 is 0 Å². The quantitative estimate of drug-likeness (QED) is 0.458. The summed E-state index contributed by atoms with van der Waals surface area (Å²) in [6.45, 7) is 6.02. The zero-order chi connectivity index (χ0) is 18.2. The number of nitrogens with one attached hydrogen (secondary N) is 2. The highest BCUT2D eigenvalue weighted by molar-refractivity contribution is 5.79. The highest BCUT2D eigenvalue weighted by Crippen LogP contribution is 2.11. The molecular formula is C18H26FN5O. The van der Waals surface area contributed by atoms with Crippen LogP contribution in [0.15, 0.2) is 29.3 Å². The van der Waals surface area contributed by atoms with Gasteiger partial charge in [0.2, 0.25) is 0 Å². The average Bonchev–Trinajstić information content (AvgIpc) is 2.84. The van der Waals surface area contributed by atoms with Crippen LogP contribution in [0.3, 0.4) is 0 Å². The third-order valence-corrected chi connectivity index (χ3v) is 4.01. The second-order valence-corrected chi connectivity index (χ2v) is 5.78. The molecule has 0 unspecified atom stereocenters. The number of aromatic nitrogens is 2. The molecule has 0 atom stereocenters. The number of rotatable bonds is 7. The molecule has 2 rings (SSSR count). The summed E-state index contributed by atoms with van der Waals surface area (Å²) in [5, 5.41) is 11.0. The van der Waals surface area contributed by atoms with Gasteiger partial charge in [-0.1, -0.05) is 0 Å². The van der Waals surface area contributed by atoms with Crippen molar-refractivity contribution in [2.75, 3.05) is 20.2 Å². The first kappa shape index (κ1) is 18.8. The molecule has 1 aromatic heterocycles. The molecule has 2 N–H and O–H groups in total. The summed E-state index contributed by atoms with van der Waals surface area (Å²) in [6.07, 6.45) is 0.809. The third-order valence-electron chi connectivity index (χ3n) is 4.01. The highest BCUT2D eigenvalue weighted by Gasteiger charge is 2.09. The van der Waals surface area contributed by atoms with Gasteiger partial charge in [-0.05, 0) is 44.5 Å². The molecule has 1 heterocycles. The molecule has 0 aliphatic rings. The maximum Gasteiger partial charge on any atom is 0.191 e. The maximum absolute atomic E-state index is 12.8. The van der Waals surface area contributed by atoms with Crippen molar-refractivity contribution < 1.29 is 9.13 Å². The fourth-order valence-corrected chi connectivity index (χ4v) is 2.47. The van der Waals surface area contributed by atoms with Crippen molar-refractivity contribution in [2.24, 2.45) is 12.0 Å². The summed E-state index contributed by atoms with van der Waals surface area (Å²) in [5.41, 5.74) is 3.36. The predicted octanol–water partition coefficient (Wildman–Crippen LogP) is 2.31. The van der Waals surface area contributed by atoms with Crippen LogP contribution in [-0.2, 0) is 13.6 Å². The van der Waals surface area contributed by atoms with Gasteiger partial charge >= 0.3 is 0 Å².